The molecule has 0 spiro atoms. The third kappa shape index (κ3) is 4.14. The van der Waals surface area contributed by atoms with Gasteiger partial charge >= 0.3 is 0 Å². The number of amides is 1. The number of nitro benzene ring substituents is 1. The summed E-state index contributed by atoms with van der Waals surface area (Å²) in [5.41, 5.74) is 2.15. The number of non-ortho nitro benzene ring substituents is 1. The second-order valence-electron chi connectivity index (χ2n) is 7.83. The summed E-state index contributed by atoms with van der Waals surface area (Å²) >= 11 is 0. The molecule has 1 unspecified atom stereocenters. The van der Waals surface area contributed by atoms with Crippen LogP contribution < -0.4 is 4.90 Å². The Morgan fingerprint density at radius 1 is 1.00 bits per heavy atom. The van der Waals surface area contributed by atoms with Crippen molar-refractivity contribution in [2.24, 2.45) is 0 Å². The predicted octanol–water partition coefficient (Wildman–Crippen LogP) is 4.85. The van der Waals surface area contributed by atoms with Crippen molar-refractivity contribution < 1.29 is 22.5 Å². The minimum atomic E-state index is -4.28. The SMILES string of the molecule is Cc1cc(C)cc(N2C(=O)C(=Cc3ccc(F)cc3)S(=O)(=O)C2c2cccc([N+](=O)[O-])c2)c1. The van der Waals surface area contributed by atoms with Crippen LogP contribution in [-0.4, -0.2) is 19.2 Å². The summed E-state index contributed by atoms with van der Waals surface area (Å²) in [6.45, 7) is 3.65. The number of rotatable bonds is 4. The van der Waals surface area contributed by atoms with Crippen molar-refractivity contribution in [3.63, 3.8) is 0 Å². The van der Waals surface area contributed by atoms with Crippen LogP contribution in [0.5, 0.6) is 0 Å². The van der Waals surface area contributed by atoms with Crippen LogP contribution in [0.25, 0.3) is 6.08 Å². The van der Waals surface area contributed by atoms with Crippen LogP contribution >= 0.6 is 0 Å². The van der Waals surface area contributed by atoms with E-state index in [1.807, 2.05) is 19.9 Å². The van der Waals surface area contributed by atoms with Crippen molar-refractivity contribution in [1.82, 2.24) is 0 Å². The van der Waals surface area contributed by atoms with Gasteiger partial charge in [0.25, 0.3) is 11.6 Å². The zero-order chi connectivity index (χ0) is 23.9. The van der Waals surface area contributed by atoms with E-state index < -0.39 is 36.8 Å². The Hall–Kier alpha value is -3.85. The first-order chi connectivity index (χ1) is 15.6. The van der Waals surface area contributed by atoms with Gasteiger partial charge in [-0.25, -0.2) is 12.8 Å². The molecule has 168 valence electrons. The Morgan fingerprint density at radius 3 is 2.24 bits per heavy atom. The maximum absolute atomic E-state index is 13.6. The minimum absolute atomic E-state index is 0.0965. The van der Waals surface area contributed by atoms with E-state index in [0.29, 0.717) is 11.3 Å². The predicted molar refractivity (Wildman–Crippen MR) is 123 cm³/mol. The van der Waals surface area contributed by atoms with E-state index in [-0.39, 0.29) is 11.3 Å². The Kier molecular flexibility index (Phi) is 5.59. The Balaban J connectivity index is 1.95. The number of nitrogens with zero attached hydrogens (tertiary/aromatic N) is 2. The third-order valence-corrected chi connectivity index (χ3v) is 7.26. The number of carbonyl (C=O) groups is 1. The maximum Gasteiger partial charge on any atom is 0.271 e. The van der Waals surface area contributed by atoms with Gasteiger partial charge < -0.3 is 0 Å². The van der Waals surface area contributed by atoms with Gasteiger partial charge in [-0.1, -0.05) is 30.3 Å². The molecule has 0 aromatic heterocycles. The molecule has 0 radical (unpaired) electrons. The number of anilines is 1. The van der Waals surface area contributed by atoms with Crippen LogP contribution in [0.2, 0.25) is 0 Å². The average Bonchev–Trinajstić information content (AvgIpc) is 2.94. The number of hydrogen-bond acceptors (Lipinski definition) is 5. The molecule has 1 amide bonds. The molecule has 4 rings (SSSR count). The molecule has 1 aliphatic rings. The Bertz CT molecular complexity index is 1390. The van der Waals surface area contributed by atoms with Crippen molar-refractivity contribution in [3.8, 4) is 0 Å². The molecule has 1 aliphatic heterocycles. The van der Waals surface area contributed by atoms with Gasteiger partial charge in [-0.15, -0.1) is 0 Å². The topological polar surface area (TPSA) is 97.6 Å². The molecule has 1 fully saturated rings. The van der Waals surface area contributed by atoms with Crippen LogP contribution in [0.4, 0.5) is 15.8 Å². The summed E-state index contributed by atoms with van der Waals surface area (Å²) in [5.74, 6) is -1.26. The van der Waals surface area contributed by atoms with Crippen LogP contribution in [-0.2, 0) is 14.6 Å². The highest BCUT2D eigenvalue weighted by Crippen LogP contribution is 2.44. The van der Waals surface area contributed by atoms with Gasteiger partial charge in [0, 0.05) is 17.8 Å². The molecule has 1 atom stereocenters. The fourth-order valence-corrected chi connectivity index (χ4v) is 5.81. The van der Waals surface area contributed by atoms with Gasteiger partial charge in [0.2, 0.25) is 9.84 Å². The van der Waals surface area contributed by atoms with Crippen molar-refractivity contribution in [3.05, 3.63) is 110 Å². The van der Waals surface area contributed by atoms with Crippen molar-refractivity contribution >= 4 is 33.2 Å². The number of nitro groups is 1. The van der Waals surface area contributed by atoms with Crippen LogP contribution in [0, 0.1) is 29.8 Å². The minimum Gasteiger partial charge on any atom is -0.286 e. The van der Waals surface area contributed by atoms with Crippen molar-refractivity contribution in [1.29, 1.82) is 0 Å². The third-order valence-electron chi connectivity index (χ3n) is 5.28. The summed E-state index contributed by atoms with van der Waals surface area (Å²) in [7, 11) is -4.28. The molecule has 3 aromatic rings. The van der Waals surface area contributed by atoms with E-state index in [1.54, 1.807) is 12.1 Å². The normalized spacial score (nSPS) is 18.6. The molecule has 9 heteroatoms. The van der Waals surface area contributed by atoms with Crippen LogP contribution in [0.1, 0.15) is 27.6 Å². The number of benzene rings is 3. The molecule has 0 saturated carbocycles. The van der Waals surface area contributed by atoms with Gasteiger partial charge in [0.15, 0.2) is 5.37 Å². The molecular weight excluding hydrogens is 447 g/mol. The van der Waals surface area contributed by atoms with Gasteiger partial charge in [0.05, 0.1) is 4.92 Å². The molecule has 7 nitrogen and oxygen atoms in total. The Morgan fingerprint density at radius 2 is 1.64 bits per heavy atom. The molecule has 0 N–H and O–H groups in total. The van der Waals surface area contributed by atoms with Gasteiger partial charge in [0.1, 0.15) is 10.7 Å². The van der Waals surface area contributed by atoms with E-state index in [1.165, 1.54) is 36.4 Å². The van der Waals surface area contributed by atoms with Gasteiger partial charge in [-0.2, -0.15) is 0 Å². The highest BCUT2D eigenvalue weighted by atomic mass is 32.2. The van der Waals surface area contributed by atoms with E-state index in [9.17, 15) is 27.7 Å². The van der Waals surface area contributed by atoms with Crippen LogP contribution in [0.15, 0.2) is 71.6 Å². The lowest BCUT2D eigenvalue weighted by atomic mass is 10.1. The zero-order valence-corrected chi connectivity index (χ0v) is 18.5. The maximum atomic E-state index is 13.6. The monoisotopic (exact) mass is 466 g/mol. The zero-order valence-electron chi connectivity index (χ0n) is 17.7. The lowest BCUT2D eigenvalue weighted by molar-refractivity contribution is -0.384. The second kappa shape index (κ2) is 8.25. The lowest BCUT2D eigenvalue weighted by Crippen LogP contribution is -2.29. The first-order valence-corrected chi connectivity index (χ1v) is 11.5. The smallest absolute Gasteiger partial charge is 0.271 e. The highest BCUT2D eigenvalue weighted by Gasteiger charge is 2.50. The summed E-state index contributed by atoms with van der Waals surface area (Å²) in [5, 5.41) is 9.81. The van der Waals surface area contributed by atoms with E-state index >= 15 is 0 Å². The summed E-state index contributed by atoms with van der Waals surface area (Å²) < 4.78 is 40.6. The fraction of sp³-hybridized carbons (Fsp3) is 0.125. The van der Waals surface area contributed by atoms with Crippen molar-refractivity contribution in [2.45, 2.75) is 19.2 Å². The van der Waals surface area contributed by atoms with E-state index in [2.05, 4.69) is 0 Å². The van der Waals surface area contributed by atoms with Gasteiger partial charge in [-0.05, 0) is 66.4 Å². The summed E-state index contributed by atoms with van der Waals surface area (Å²) in [6.07, 6.45) is 1.20. The molecule has 1 saturated heterocycles. The quantitative estimate of drug-likeness (QED) is 0.311. The standard InChI is InChI=1S/C24H19FN2O5S/c1-15-10-16(2)12-21(11-15)26-23(28)22(13-17-6-8-19(25)9-7-17)33(31,32)24(26)18-4-3-5-20(14-18)27(29)30/h3-14,24H,1-2H3. The van der Waals surface area contributed by atoms with Gasteiger partial charge in [-0.3, -0.25) is 19.8 Å². The lowest BCUT2D eigenvalue weighted by Gasteiger charge is -2.24. The number of hydrogen-bond donors (Lipinski definition) is 0. The van der Waals surface area contributed by atoms with Crippen LogP contribution in [0.3, 0.4) is 0 Å². The largest absolute Gasteiger partial charge is 0.286 e. The first-order valence-electron chi connectivity index (χ1n) is 9.95. The summed E-state index contributed by atoms with van der Waals surface area (Å²) in [6, 6.07) is 15.6. The number of halogens is 1. The molecular formula is C24H19FN2O5S. The Labute approximate surface area is 189 Å². The first kappa shape index (κ1) is 22.3. The van der Waals surface area contributed by atoms with E-state index in [0.717, 1.165) is 34.2 Å². The molecule has 0 bridgehead atoms. The molecule has 33 heavy (non-hydrogen) atoms. The second-order valence-corrected chi connectivity index (χ2v) is 9.81. The van der Waals surface area contributed by atoms with E-state index in [4.69, 9.17) is 0 Å². The fourth-order valence-electron chi connectivity index (χ4n) is 3.92. The highest BCUT2D eigenvalue weighted by molar-refractivity contribution is 7.97. The molecule has 0 aliphatic carbocycles. The summed E-state index contributed by atoms with van der Waals surface area (Å²) in [4.78, 5) is 24.8. The number of sulfone groups is 1. The number of carbonyl (C=O) groups excluding carboxylic acids is 1. The number of aryl methyl sites for hydroxylation is 2. The average molecular weight is 466 g/mol. The molecule has 3 aromatic carbocycles. The molecule has 1 heterocycles. The van der Waals surface area contributed by atoms with Crippen molar-refractivity contribution in [2.75, 3.05) is 4.90 Å².